The average molecular weight is 365 g/mol. The first-order valence-electron chi connectivity index (χ1n) is 7.56. The standard InChI is InChI=1S/C17H19NO8/c1-18-9-7-6-8(14(19)23-2)10(15(20)24-3)11(9)12(16(21)25-4)13(18)17(22)26-5/h6-9H,1-5H3/t8-,9+/m1/s1. The summed E-state index contributed by atoms with van der Waals surface area (Å²) in [5, 5.41) is 0. The molecule has 140 valence electrons. The van der Waals surface area contributed by atoms with E-state index in [1.54, 1.807) is 13.1 Å². The van der Waals surface area contributed by atoms with Crippen molar-refractivity contribution < 1.29 is 38.1 Å². The molecule has 0 unspecified atom stereocenters. The first kappa shape index (κ1) is 19.2. The van der Waals surface area contributed by atoms with E-state index in [0.717, 1.165) is 14.2 Å². The molecule has 0 bridgehead atoms. The van der Waals surface area contributed by atoms with Gasteiger partial charge in [0.05, 0.1) is 45.6 Å². The van der Waals surface area contributed by atoms with Crippen LogP contribution in [0, 0.1) is 5.92 Å². The number of likely N-dealkylation sites (N-methyl/N-ethyl adjacent to an activating group) is 1. The third kappa shape index (κ3) is 2.85. The molecule has 9 nitrogen and oxygen atoms in total. The summed E-state index contributed by atoms with van der Waals surface area (Å²) in [6.07, 6.45) is 3.07. The topological polar surface area (TPSA) is 108 Å². The molecule has 0 radical (unpaired) electrons. The number of carbonyl (C=O) groups excluding carboxylic acids is 4. The van der Waals surface area contributed by atoms with Gasteiger partial charge in [0, 0.05) is 12.6 Å². The van der Waals surface area contributed by atoms with Crippen LogP contribution in [-0.2, 0) is 38.1 Å². The number of hydrogen-bond donors (Lipinski definition) is 0. The highest BCUT2D eigenvalue weighted by Crippen LogP contribution is 2.42. The summed E-state index contributed by atoms with van der Waals surface area (Å²) in [5.74, 6) is -4.21. The zero-order valence-corrected chi connectivity index (χ0v) is 15.0. The summed E-state index contributed by atoms with van der Waals surface area (Å²) >= 11 is 0. The summed E-state index contributed by atoms with van der Waals surface area (Å²) in [6.45, 7) is 0. The van der Waals surface area contributed by atoms with E-state index in [-0.39, 0.29) is 22.4 Å². The summed E-state index contributed by atoms with van der Waals surface area (Å²) in [4.78, 5) is 50.7. The molecule has 0 amide bonds. The van der Waals surface area contributed by atoms with E-state index in [9.17, 15) is 19.2 Å². The van der Waals surface area contributed by atoms with Crippen LogP contribution >= 0.6 is 0 Å². The Hall–Kier alpha value is -3.10. The summed E-state index contributed by atoms with van der Waals surface area (Å²) < 4.78 is 19.1. The van der Waals surface area contributed by atoms with Crippen molar-refractivity contribution >= 4 is 23.9 Å². The molecule has 0 saturated heterocycles. The van der Waals surface area contributed by atoms with E-state index in [1.807, 2.05) is 0 Å². The highest BCUT2D eigenvalue weighted by molar-refractivity contribution is 6.09. The van der Waals surface area contributed by atoms with Gasteiger partial charge in [0.25, 0.3) is 0 Å². The molecule has 26 heavy (non-hydrogen) atoms. The van der Waals surface area contributed by atoms with Crippen molar-refractivity contribution in [2.75, 3.05) is 35.5 Å². The van der Waals surface area contributed by atoms with Gasteiger partial charge in [-0.1, -0.05) is 12.2 Å². The Morgan fingerprint density at radius 3 is 1.92 bits per heavy atom. The highest BCUT2D eigenvalue weighted by atomic mass is 16.5. The van der Waals surface area contributed by atoms with Gasteiger partial charge >= 0.3 is 23.9 Å². The normalized spacial score (nSPS) is 21.3. The number of ether oxygens (including phenoxy) is 4. The van der Waals surface area contributed by atoms with Gasteiger partial charge in [-0.25, -0.2) is 14.4 Å². The summed E-state index contributed by atoms with van der Waals surface area (Å²) in [7, 11) is 6.21. The Bertz CT molecular complexity index is 761. The zero-order chi connectivity index (χ0) is 19.6. The largest absolute Gasteiger partial charge is 0.468 e. The third-order valence-corrected chi connectivity index (χ3v) is 4.29. The molecule has 0 aromatic carbocycles. The Balaban J connectivity index is 2.83. The lowest BCUT2D eigenvalue weighted by Gasteiger charge is -2.28. The lowest BCUT2D eigenvalue weighted by atomic mass is 9.82. The highest BCUT2D eigenvalue weighted by Gasteiger charge is 2.47. The number of methoxy groups -OCH3 is 4. The van der Waals surface area contributed by atoms with Crippen LogP contribution in [0.5, 0.6) is 0 Å². The molecular weight excluding hydrogens is 346 g/mol. The van der Waals surface area contributed by atoms with Crippen LogP contribution in [0.4, 0.5) is 0 Å². The number of carbonyl (C=O) groups is 4. The Morgan fingerprint density at radius 1 is 0.846 bits per heavy atom. The second kappa shape index (κ2) is 7.42. The monoisotopic (exact) mass is 365 g/mol. The fourth-order valence-corrected chi connectivity index (χ4v) is 3.11. The van der Waals surface area contributed by atoms with E-state index in [4.69, 9.17) is 18.9 Å². The van der Waals surface area contributed by atoms with Crippen LogP contribution in [0.1, 0.15) is 0 Å². The number of hydrogen-bond acceptors (Lipinski definition) is 9. The van der Waals surface area contributed by atoms with E-state index >= 15 is 0 Å². The molecule has 0 spiro atoms. The van der Waals surface area contributed by atoms with Crippen LogP contribution in [0.25, 0.3) is 0 Å². The maximum absolute atomic E-state index is 12.4. The fraction of sp³-hybridized carbons (Fsp3) is 0.412. The first-order chi connectivity index (χ1) is 12.3. The lowest BCUT2D eigenvalue weighted by molar-refractivity contribution is -0.146. The Morgan fingerprint density at radius 2 is 1.42 bits per heavy atom. The van der Waals surface area contributed by atoms with Gasteiger partial charge in [0.2, 0.25) is 0 Å². The van der Waals surface area contributed by atoms with Crippen molar-refractivity contribution in [1.29, 1.82) is 0 Å². The SMILES string of the molecule is COC(=O)C1=C(C(=O)OC)N(C)[C@H]2C=C[C@@H](C(=O)OC)C(C(=O)OC)=C12. The second-order valence-corrected chi connectivity index (χ2v) is 5.47. The van der Waals surface area contributed by atoms with Crippen molar-refractivity contribution in [2.24, 2.45) is 5.92 Å². The van der Waals surface area contributed by atoms with Gasteiger partial charge < -0.3 is 23.8 Å². The molecular formula is C17H19NO8. The zero-order valence-electron chi connectivity index (χ0n) is 15.0. The van der Waals surface area contributed by atoms with Crippen LogP contribution < -0.4 is 0 Å². The van der Waals surface area contributed by atoms with Gasteiger partial charge in [0.15, 0.2) is 0 Å². The quantitative estimate of drug-likeness (QED) is 0.378. The van der Waals surface area contributed by atoms with Crippen LogP contribution in [0.2, 0.25) is 0 Å². The molecule has 1 aliphatic carbocycles. The Labute approximate surface area is 149 Å². The third-order valence-electron chi connectivity index (χ3n) is 4.29. The van der Waals surface area contributed by atoms with Crippen LogP contribution in [-0.4, -0.2) is 70.3 Å². The molecule has 0 aromatic rings. The van der Waals surface area contributed by atoms with Gasteiger partial charge in [-0.2, -0.15) is 0 Å². The minimum Gasteiger partial charge on any atom is -0.468 e. The van der Waals surface area contributed by atoms with Crippen molar-refractivity contribution in [2.45, 2.75) is 6.04 Å². The van der Waals surface area contributed by atoms with Gasteiger partial charge in [-0.05, 0) is 0 Å². The number of fused-ring (bicyclic) bond motifs is 1. The maximum atomic E-state index is 12.4. The molecule has 2 rings (SSSR count). The van der Waals surface area contributed by atoms with E-state index in [1.165, 1.54) is 25.2 Å². The molecule has 1 aliphatic heterocycles. The van der Waals surface area contributed by atoms with Crippen molar-refractivity contribution in [1.82, 2.24) is 4.90 Å². The lowest BCUT2D eigenvalue weighted by Crippen LogP contribution is -2.34. The summed E-state index contributed by atoms with van der Waals surface area (Å²) in [5.41, 5.74) is -0.149. The fourth-order valence-electron chi connectivity index (χ4n) is 3.11. The molecule has 9 heteroatoms. The van der Waals surface area contributed by atoms with Crippen LogP contribution in [0.15, 0.2) is 34.6 Å². The number of esters is 4. The minimum atomic E-state index is -1.08. The first-order valence-corrected chi connectivity index (χ1v) is 7.56. The molecule has 0 saturated carbocycles. The van der Waals surface area contributed by atoms with Gasteiger partial charge in [0.1, 0.15) is 11.6 Å². The molecule has 2 atom stereocenters. The van der Waals surface area contributed by atoms with E-state index in [0.29, 0.717) is 0 Å². The minimum absolute atomic E-state index is 0.0732. The van der Waals surface area contributed by atoms with Crippen molar-refractivity contribution in [3.63, 3.8) is 0 Å². The molecule has 0 fully saturated rings. The molecule has 1 heterocycles. The predicted octanol–water partition coefficient (Wildman–Crippen LogP) is -0.271. The number of rotatable bonds is 4. The van der Waals surface area contributed by atoms with Crippen molar-refractivity contribution in [3.05, 3.63) is 34.6 Å². The van der Waals surface area contributed by atoms with Crippen molar-refractivity contribution in [3.8, 4) is 0 Å². The molecule has 2 aliphatic rings. The average Bonchev–Trinajstić information content (AvgIpc) is 2.97. The summed E-state index contributed by atoms with van der Waals surface area (Å²) in [6, 6.07) is -0.645. The maximum Gasteiger partial charge on any atom is 0.355 e. The van der Waals surface area contributed by atoms with Gasteiger partial charge in [-0.15, -0.1) is 0 Å². The molecule has 0 N–H and O–H groups in total. The number of nitrogens with zero attached hydrogens (tertiary/aromatic N) is 1. The Kier molecular flexibility index (Phi) is 5.49. The van der Waals surface area contributed by atoms with E-state index < -0.39 is 35.8 Å². The predicted molar refractivity (Wildman–Crippen MR) is 86.3 cm³/mol. The van der Waals surface area contributed by atoms with Gasteiger partial charge in [-0.3, -0.25) is 4.79 Å². The second-order valence-electron chi connectivity index (χ2n) is 5.47. The van der Waals surface area contributed by atoms with Crippen LogP contribution in [0.3, 0.4) is 0 Å². The van der Waals surface area contributed by atoms with E-state index in [2.05, 4.69) is 0 Å². The molecule has 0 aromatic heterocycles. The smallest absolute Gasteiger partial charge is 0.355 e.